The molecule has 72 valence electrons. The van der Waals surface area contributed by atoms with Gasteiger partial charge in [-0.1, -0.05) is 6.92 Å². The third-order valence-corrected chi connectivity index (χ3v) is 1.94. The van der Waals surface area contributed by atoms with Crippen LogP contribution in [0.3, 0.4) is 0 Å². The summed E-state index contributed by atoms with van der Waals surface area (Å²) in [5.41, 5.74) is 0.787. The van der Waals surface area contributed by atoms with E-state index in [-0.39, 0.29) is 12.7 Å². The van der Waals surface area contributed by atoms with Crippen LogP contribution in [0.5, 0.6) is 5.75 Å². The number of aliphatic hydroxyl groups excluding tert-OH is 1. The van der Waals surface area contributed by atoms with Gasteiger partial charge in [-0.3, -0.25) is 4.98 Å². The van der Waals surface area contributed by atoms with Crippen LogP contribution in [0.1, 0.15) is 25.8 Å². The van der Waals surface area contributed by atoms with E-state index in [4.69, 9.17) is 9.84 Å². The molecule has 1 N–H and O–H groups in total. The maximum atomic E-state index is 9.00. The molecule has 0 saturated carbocycles. The monoisotopic (exact) mass is 181 g/mol. The zero-order chi connectivity index (χ0) is 9.68. The van der Waals surface area contributed by atoms with E-state index in [2.05, 4.69) is 11.9 Å². The highest BCUT2D eigenvalue weighted by atomic mass is 16.5. The molecule has 1 aromatic heterocycles. The average Bonchev–Trinajstić information content (AvgIpc) is 2.18. The molecule has 0 amide bonds. The molecule has 13 heavy (non-hydrogen) atoms. The van der Waals surface area contributed by atoms with Crippen LogP contribution in [0, 0.1) is 0 Å². The smallest absolute Gasteiger partial charge is 0.143 e. The number of aromatic nitrogens is 1. The Morgan fingerprint density at radius 2 is 2.38 bits per heavy atom. The van der Waals surface area contributed by atoms with Crippen molar-refractivity contribution in [1.29, 1.82) is 0 Å². The summed E-state index contributed by atoms with van der Waals surface area (Å²) >= 11 is 0. The molecule has 1 rings (SSSR count). The normalized spacial score (nSPS) is 12.5. The molecule has 0 aliphatic carbocycles. The molecule has 1 aromatic rings. The first-order valence-electron chi connectivity index (χ1n) is 4.48. The highest BCUT2D eigenvalue weighted by Gasteiger charge is 2.05. The van der Waals surface area contributed by atoms with Crippen molar-refractivity contribution in [3.63, 3.8) is 0 Å². The molecular weight excluding hydrogens is 166 g/mol. The van der Waals surface area contributed by atoms with Crippen molar-refractivity contribution in [3.05, 3.63) is 24.0 Å². The lowest BCUT2D eigenvalue weighted by molar-refractivity contribution is 0.205. The van der Waals surface area contributed by atoms with Crippen LogP contribution >= 0.6 is 0 Å². The van der Waals surface area contributed by atoms with Crippen molar-refractivity contribution in [2.75, 3.05) is 0 Å². The van der Waals surface area contributed by atoms with Gasteiger partial charge in [-0.2, -0.15) is 0 Å². The lowest BCUT2D eigenvalue weighted by Crippen LogP contribution is -2.11. The molecule has 1 heterocycles. The van der Waals surface area contributed by atoms with E-state index in [9.17, 15) is 0 Å². The second-order valence-electron chi connectivity index (χ2n) is 2.98. The van der Waals surface area contributed by atoms with Gasteiger partial charge in [0.15, 0.2) is 0 Å². The molecule has 0 aromatic carbocycles. The van der Waals surface area contributed by atoms with Gasteiger partial charge in [0.1, 0.15) is 5.75 Å². The molecule has 3 heteroatoms. The van der Waals surface area contributed by atoms with Crippen molar-refractivity contribution in [1.82, 2.24) is 4.98 Å². The zero-order valence-corrected chi connectivity index (χ0v) is 8.03. The number of nitrogens with zero attached hydrogens (tertiary/aromatic N) is 1. The van der Waals surface area contributed by atoms with Gasteiger partial charge >= 0.3 is 0 Å². The standard InChI is InChI=1S/C10H15NO2/c1-3-8(2)13-10-6-11-5-4-9(10)7-12/h4-6,8,12H,3,7H2,1-2H3. The summed E-state index contributed by atoms with van der Waals surface area (Å²) in [4.78, 5) is 3.94. The number of hydrogen-bond acceptors (Lipinski definition) is 3. The molecule has 3 nitrogen and oxygen atoms in total. The maximum absolute atomic E-state index is 9.00. The topological polar surface area (TPSA) is 42.4 Å². The fourth-order valence-corrected chi connectivity index (χ4v) is 0.946. The van der Waals surface area contributed by atoms with E-state index in [1.165, 1.54) is 0 Å². The quantitative estimate of drug-likeness (QED) is 0.769. The molecule has 0 radical (unpaired) electrons. The van der Waals surface area contributed by atoms with Gasteiger partial charge in [0.2, 0.25) is 0 Å². The number of ether oxygens (including phenoxy) is 1. The van der Waals surface area contributed by atoms with Crippen LogP contribution in [0.15, 0.2) is 18.5 Å². The highest BCUT2D eigenvalue weighted by molar-refractivity contribution is 5.29. The SMILES string of the molecule is CCC(C)Oc1cnccc1CO. The lowest BCUT2D eigenvalue weighted by atomic mass is 10.2. The van der Waals surface area contributed by atoms with E-state index in [0.29, 0.717) is 5.75 Å². The Bertz CT molecular complexity index is 263. The van der Waals surface area contributed by atoms with E-state index < -0.39 is 0 Å². The highest BCUT2D eigenvalue weighted by Crippen LogP contribution is 2.18. The number of rotatable bonds is 4. The van der Waals surface area contributed by atoms with Gasteiger partial charge in [-0.05, 0) is 19.4 Å². The van der Waals surface area contributed by atoms with Crippen LogP contribution in [0.2, 0.25) is 0 Å². The minimum absolute atomic E-state index is 0.00567. The summed E-state index contributed by atoms with van der Waals surface area (Å²) in [6.45, 7) is 4.04. The van der Waals surface area contributed by atoms with Crippen LogP contribution in [-0.2, 0) is 6.61 Å². The summed E-state index contributed by atoms with van der Waals surface area (Å²) in [7, 11) is 0. The first-order chi connectivity index (χ1) is 6.27. The summed E-state index contributed by atoms with van der Waals surface area (Å²) in [5, 5.41) is 9.00. The molecule has 0 fully saturated rings. The van der Waals surface area contributed by atoms with Crippen LogP contribution in [0.25, 0.3) is 0 Å². The zero-order valence-electron chi connectivity index (χ0n) is 8.03. The van der Waals surface area contributed by atoms with Crippen LogP contribution < -0.4 is 4.74 Å². The molecule has 0 aliphatic heterocycles. The number of pyridine rings is 1. The van der Waals surface area contributed by atoms with Gasteiger partial charge in [-0.25, -0.2) is 0 Å². The van der Waals surface area contributed by atoms with Crippen LogP contribution in [-0.4, -0.2) is 16.2 Å². The Labute approximate surface area is 78.4 Å². The van der Waals surface area contributed by atoms with E-state index in [0.717, 1.165) is 12.0 Å². The fourth-order valence-electron chi connectivity index (χ4n) is 0.946. The van der Waals surface area contributed by atoms with Gasteiger partial charge in [-0.15, -0.1) is 0 Å². The Balaban J connectivity index is 2.74. The van der Waals surface area contributed by atoms with Crippen LogP contribution in [0.4, 0.5) is 0 Å². The predicted molar refractivity (Wildman–Crippen MR) is 50.5 cm³/mol. The summed E-state index contributed by atoms with van der Waals surface area (Å²) in [5.74, 6) is 0.680. The second-order valence-corrected chi connectivity index (χ2v) is 2.98. The van der Waals surface area contributed by atoms with Crippen molar-refractivity contribution in [2.24, 2.45) is 0 Å². The predicted octanol–water partition coefficient (Wildman–Crippen LogP) is 1.75. The molecule has 0 bridgehead atoms. The number of aliphatic hydroxyl groups is 1. The van der Waals surface area contributed by atoms with E-state index >= 15 is 0 Å². The Morgan fingerprint density at radius 1 is 1.62 bits per heavy atom. The summed E-state index contributed by atoms with van der Waals surface area (Å²) < 4.78 is 5.56. The minimum atomic E-state index is -0.00567. The Kier molecular flexibility index (Phi) is 3.71. The maximum Gasteiger partial charge on any atom is 0.143 e. The third kappa shape index (κ3) is 2.70. The van der Waals surface area contributed by atoms with Crippen molar-refractivity contribution < 1.29 is 9.84 Å². The van der Waals surface area contributed by atoms with Crippen molar-refractivity contribution in [3.8, 4) is 5.75 Å². The molecule has 0 saturated heterocycles. The minimum Gasteiger partial charge on any atom is -0.489 e. The Hall–Kier alpha value is -1.09. The van der Waals surface area contributed by atoms with Gasteiger partial charge in [0.25, 0.3) is 0 Å². The fraction of sp³-hybridized carbons (Fsp3) is 0.500. The van der Waals surface area contributed by atoms with Gasteiger partial charge in [0, 0.05) is 11.8 Å². The lowest BCUT2D eigenvalue weighted by Gasteiger charge is -2.14. The molecule has 1 atom stereocenters. The number of hydrogen-bond donors (Lipinski definition) is 1. The second kappa shape index (κ2) is 4.82. The molecular formula is C10H15NO2. The Morgan fingerprint density at radius 3 is 3.00 bits per heavy atom. The molecule has 0 spiro atoms. The van der Waals surface area contributed by atoms with Gasteiger partial charge < -0.3 is 9.84 Å². The van der Waals surface area contributed by atoms with Crippen molar-refractivity contribution in [2.45, 2.75) is 33.0 Å². The average molecular weight is 181 g/mol. The largest absolute Gasteiger partial charge is 0.489 e. The van der Waals surface area contributed by atoms with Gasteiger partial charge in [0.05, 0.1) is 18.9 Å². The summed E-state index contributed by atoms with van der Waals surface area (Å²) in [6.07, 6.45) is 4.39. The van der Waals surface area contributed by atoms with E-state index in [1.807, 2.05) is 6.92 Å². The van der Waals surface area contributed by atoms with Crippen molar-refractivity contribution >= 4 is 0 Å². The first kappa shape index (κ1) is 9.99. The first-order valence-corrected chi connectivity index (χ1v) is 4.48. The third-order valence-electron chi connectivity index (χ3n) is 1.94. The summed E-state index contributed by atoms with van der Waals surface area (Å²) in [6, 6.07) is 1.76. The molecule has 1 unspecified atom stereocenters. The van der Waals surface area contributed by atoms with E-state index in [1.54, 1.807) is 18.5 Å². The molecule has 0 aliphatic rings.